The second-order valence-electron chi connectivity index (χ2n) is 6.71. The largest absolute Gasteiger partial charge is 0.354 e. The van der Waals surface area contributed by atoms with Gasteiger partial charge in [-0.3, -0.25) is 4.79 Å². The second-order valence-corrected chi connectivity index (χ2v) is 6.71. The molecule has 1 atom stereocenters. The van der Waals surface area contributed by atoms with Crippen LogP contribution in [0.25, 0.3) is 0 Å². The van der Waals surface area contributed by atoms with Crippen LogP contribution in [0.1, 0.15) is 62.0 Å². The number of hydrogen-bond acceptors (Lipinski definition) is 2. The fourth-order valence-corrected chi connectivity index (χ4v) is 3.87. The normalized spacial score (nSPS) is 23.0. The fraction of sp³-hybridized carbons (Fsp3) is 0.611. The van der Waals surface area contributed by atoms with Crippen molar-refractivity contribution >= 4 is 18.3 Å². The summed E-state index contributed by atoms with van der Waals surface area (Å²) in [5, 5.41) is 3.14. The summed E-state index contributed by atoms with van der Waals surface area (Å²) < 4.78 is 0. The lowest BCUT2D eigenvalue weighted by Gasteiger charge is -2.33. The van der Waals surface area contributed by atoms with E-state index in [0.717, 1.165) is 38.6 Å². The predicted molar refractivity (Wildman–Crippen MR) is 92.4 cm³/mol. The zero-order valence-electron chi connectivity index (χ0n) is 13.1. The Morgan fingerprint density at radius 1 is 1.18 bits per heavy atom. The van der Waals surface area contributed by atoms with Gasteiger partial charge in [-0.25, -0.2) is 0 Å². The molecule has 2 aliphatic carbocycles. The molecule has 0 bridgehead atoms. The van der Waals surface area contributed by atoms with Crippen LogP contribution in [0.3, 0.4) is 0 Å². The van der Waals surface area contributed by atoms with E-state index in [4.69, 9.17) is 5.73 Å². The molecular formula is C18H27ClN2O. The number of carbonyl (C=O) groups is 1. The molecule has 0 aliphatic heterocycles. The number of amides is 1. The van der Waals surface area contributed by atoms with Crippen LogP contribution in [0.4, 0.5) is 0 Å². The van der Waals surface area contributed by atoms with Crippen LogP contribution in [0.5, 0.6) is 0 Å². The van der Waals surface area contributed by atoms with Crippen molar-refractivity contribution in [3.8, 4) is 0 Å². The van der Waals surface area contributed by atoms with E-state index in [2.05, 4.69) is 29.6 Å². The molecule has 4 heteroatoms. The maximum Gasteiger partial charge on any atom is 0.240 e. The van der Waals surface area contributed by atoms with Gasteiger partial charge in [0.05, 0.1) is 5.54 Å². The quantitative estimate of drug-likeness (QED) is 0.897. The molecule has 1 aromatic rings. The molecule has 0 saturated heterocycles. The molecule has 1 aromatic carbocycles. The van der Waals surface area contributed by atoms with Gasteiger partial charge in [-0.15, -0.1) is 12.4 Å². The van der Waals surface area contributed by atoms with Crippen molar-refractivity contribution in [2.45, 2.75) is 62.8 Å². The smallest absolute Gasteiger partial charge is 0.240 e. The zero-order chi connectivity index (χ0) is 14.7. The maximum absolute atomic E-state index is 12.4. The standard InChI is InChI=1S/C18H26N2O.ClH/c19-18(11-4-1-5-12-18)17(21)20-13-15-9-6-8-14-7-2-3-10-16(14)15;/h2-3,7,10,15H,1,4-6,8-9,11-13,19H2,(H,20,21);1H. The topological polar surface area (TPSA) is 55.1 Å². The Morgan fingerprint density at radius 2 is 1.91 bits per heavy atom. The molecule has 1 amide bonds. The number of aryl methyl sites for hydroxylation is 1. The van der Waals surface area contributed by atoms with E-state index < -0.39 is 5.54 Å². The van der Waals surface area contributed by atoms with Gasteiger partial charge in [0.1, 0.15) is 0 Å². The monoisotopic (exact) mass is 322 g/mol. The average molecular weight is 323 g/mol. The summed E-state index contributed by atoms with van der Waals surface area (Å²) in [6.45, 7) is 0.731. The Hall–Kier alpha value is -1.06. The van der Waals surface area contributed by atoms with Crippen molar-refractivity contribution < 1.29 is 4.79 Å². The second kappa shape index (κ2) is 7.47. The highest BCUT2D eigenvalue weighted by Gasteiger charge is 2.35. The summed E-state index contributed by atoms with van der Waals surface area (Å²) in [5.74, 6) is 0.511. The number of nitrogens with two attached hydrogens (primary N) is 1. The van der Waals surface area contributed by atoms with E-state index in [1.165, 1.54) is 30.4 Å². The van der Waals surface area contributed by atoms with Gasteiger partial charge in [0, 0.05) is 12.5 Å². The maximum atomic E-state index is 12.4. The van der Waals surface area contributed by atoms with Crippen LogP contribution in [-0.4, -0.2) is 18.0 Å². The number of rotatable bonds is 3. The Balaban J connectivity index is 0.00000176. The minimum atomic E-state index is -0.619. The molecule has 3 rings (SSSR count). The first-order valence-electron chi connectivity index (χ1n) is 8.34. The predicted octanol–water partition coefficient (Wildman–Crippen LogP) is 3.31. The molecule has 1 unspecified atom stereocenters. The van der Waals surface area contributed by atoms with E-state index in [9.17, 15) is 4.79 Å². The van der Waals surface area contributed by atoms with Crippen LogP contribution in [0.15, 0.2) is 24.3 Å². The lowest BCUT2D eigenvalue weighted by Crippen LogP contribution is -2.55. The number of benzene rings is 1. The molecule has 3 N–H and O–H groups in total. The molecule has 0 aromatic heterocycles. The molecular weight excluding hydrogens is 296 g/mol. The van der Waals surface area contributed by atoms with Crippen LogP contribution in [-0.2, 0) is 11.2 Å². The summed E-state index contributed by atoms with van der Waals surface area (Å²) in [6, 6.07) is 8.64. The first-order valence-corrected chi connectivity index (χ1v) is 8.34. The highest BCUT2D eigenvalue weighted by atomic mass is 35.5. The van der Waals surface area contributed by atoms with Crippen molar-refractivity contribution in [2.24, 2.45) is 5.73 Å². The van der Waals surface area contributed by atoms with Gasteiger partial charge in [-0.1, -0.05) is 43.5 Å². The summed E-state index contributed by atoms with van der Waals surface area (Å²) in [4.78, 5) is 12.4. The summed E-state index contributed by atoms with van der Waals surface area (Å²) in [6.07, 6.45) is 8.58. The van der Waals surface area contributed by atoms with Gasteiger partial charge in [0.2, 0.25) is 5.91 Å². The SMILES string of the molecule is Cl.NC1(C(=O)NCC2CCCc3ccccc32)CCCCC1. The van der Waals surface area contributed by atoms with Crippen molar-refractivity contribution in [1.82, 2.24) is 5.32 Å². The van der Waals surface area contributed by atoms with Crippen LogP contribution in [0.2, 0.25) is 0 Å². The Morgan fingerprint density at radius 3 is 2.68 bits per heavy atom. The molecule has 3 nitrogen and oxygen atoms in total. The third-order valence-corrected chi connectivity index (χ3v) is 5.20. The summed E-state index contributed by atoms with van der Waals surface area (Å²) >= 11 is 0. The summed E-state index contributed by atoms with van der Waals surface area (Å²) in [7, 11) is 0. The van der Waals surface area contributed by atoms with Gasteiger partial charge in [0.15, 0.2) is 0 Å². The number of hydrogen-bond donors (Lipinski definition) is 2. The average Bonchev–Trinajstić information content (AvgIpc) is 2.53. The molecule has 0 spiro atoms. The third kappa shape index (κ3) is 3.64. The lowest BCUT2D eigenvalue weighted by molar-refractivity contribution is -0.127. The highest BCUT2D eigenvalue weighted by Crippen LogP contribution is 2.31. The minimum Gasteiger partial charge on any atom is -0.354 e. The van der Waals surface area contributed by atoms with E-state index in [-0.39, 0.29) is 18.3 Å². The minimum absolute atomic E-state index is 0. The molecule has 1 saturated carbocycles. The molecule has 2 aliphatic rings. The number of fused-ring (bicyclic) bond motifs is 1. The van der Waals surface area contributed by atoms with E-state index in [1.807, 2.05) is 0 Å². The number of carbonyl (C=O) groups excluding carboxylic acids is 1. The third-order valence-electron chi connectivity index (χ3n) is 5.20. The summed E-state index contributed by atoms with van der Waals surface area (Å²) in [5.41, 5.74) is 8.55. The lowest BCUT2D eigenvalue weighted by atomic mass is 9.80. The molecule has 22 heavy (non-hydrogen) atoms. The van der Waals surface area contributed by atoms with Crippen LogP contribution >= 0.6 is 12.4 Å². The Kier molecular flexibility index (Phi) is 5.87. The van der Waals surface area contributed by atoms with Gasteiger partial charge in [-0.2, -0.15) is 0 Å². The Labute approximate surface area is 139 Å². The molecule has 0 heterocycles. The molecule has 122 valence electrons. The fourth-order valence-electron chi connectivity index (χ4n) is 3.87. The van der Waals surface area contributed by atoms with Crippen molar-refractivity contribution in [2.75, 3.05) is 6.54 Å². The van der Waals surface area contributed by atoms with Crippen molar-refractivity contribution in [3.63, 3.8) is 0 Å². The number of nitrogens with one attached hydrogen (secondary N) is 1. The van der Waals surface area contributed by atoms with Crippen molar-refractivity contribution in [3.05, 3.63) is 35.4 Å². The van der Waals surface area contributed by atoms with Crippen LogP contribution < -0.4 is 11.1 Å². The first-order chi connectivity index (χ1) is 10.2. The molecule has 1 fully saturated rings. The zero-order valence-corrected chi connectivity index (χ0v) is 14.0. The highest BCUT2D eigenvalue weighted by molar-refractivity contribution is 5.86. The van der Waals surface area contributed by atoms with E-state index in [1.54, 1.807) is 0 Å². The van der Waals surface area contributed by atoms with Crippen molar-refractivity contribution in [1.29, 1.82) is 0 Å². The van der Waals surface area contributed by atoms with Gasteiger partial charge >= 0.3 is 0 Å². The first kappa shape index (κ1) is 17.3. The Bertz CT molecular complexity index is 512. The molecule has 0 radical (unpaired) electrons. The van der Waals surface area contributed by atoms with E-state index >= 15 is 0 Å². The van der Waals surface area contributed by atoms with Crippen LogP contribution in [0, 0.1) is 0 Å². The van der Waals surface area contributed by atoms with Gasteiger partial charge < -0.3 is 11.1 Å². The van der Waals surface area contributed by atoms with Gasteiger partial charge in [0.25, 0.3) is 0 Å². The van der Waals surface area contributed by atoms with E-state index in [0.29, 0.717) is 5.92 Å². The number of halogens is 1. The van der Waals surface area contributed by atoms with Gasteiger partial charge in [-0.05, 0) is 43.2 Å².